The molecule has 4 rings (SSSR count). The van der Waals surface area contributed by atoms with Gasteiger partial charge in [-0.1, -0.05) is 24.0 Å². The summed E-state index contributed by atoms with van der Waals surface area (Å²) in [6.07, 6.45) is 0. The summed E-state index contributed by atoms with van der Waals surface area (Å²) < 4.78 is 13.1. The molecule has 4 aromatic rings. The molecule has 1 heterocycles. The molecule has 8 heteroatoms. The Bertz CT molecular complexity index is 1450. The maximum atomic E-state index is 13.1. The lowest BCUT2D eigenvalue weighted by Gasteiger charge is -2.15. The predicted molar refractivity (Wildman–Crippen MR) is 147 cm³/mol. The van der Waals surface area contributed by atoms with Crippen molar-refractivity contribution in [2.75, 3.05) is 50.3 Å². The summed E-state index contributed by atoms with van der Waals surface area (Å²) >= 11 is 0. The fraction of sp³-hybridized carbons (Fsp3) is 0.207. The van der Waals surface area contributed by atoms with E-state index in [9.17, 15) is 9.18 Å². The number of carbonyl (C=O) groups is 1. The van der Waals surface area contributed by atoms with E-state index in [1.807, 2.05) is 80.5 Å². The third-order valence-corrected chi connectivity index (χ3v) is 5.49. The zero-order valence-corrected chi connectivity index (χ0v) is 21.3. The molecule has 0 saturated heterocycles. The van der Waals surface area contributed by atoms with Crippen molar-refractivity contribution in [2.45, 2.75) is 6.54 Å². The summed E-state index contributed by atoms with van der Waals surface area (Å²) in [4.78, 5) is 25.7. The highest BCUT2D eigenvalue weighted by Crippen LogP contribution is 2.25. The lowest BCUT2D eigenvalue weighted by atomic mass is 10.1. The Balaban J connectivity index is 1.50. The number of amides is 1. The summed E-state index contributed by atoms with van der Waals surface area (Å²) in [5.41, 5.74) is 3.80. The molecule has 188 valence electrons. The SMILES string of the molecule is CN(C)CC#Cc1ccc2nc(N(C)C)nc(NCc3ccc(NC(=O)c4ccc(F)cc4)cc3)c2c1. The second-order valence-corrected chi connectivity index (χ2v) is 9.05. The van der Waals surface area contributed by atoms with Crippen molar-refractivity contribution in [3.05, 3.63) is 89.2 Å². The third kappa shape index (κ3) is 6.81. The number of halogens is 1. The van der Waals surface area contributed by atoms with Crippen molar-refractivity contribution in [1.29, 1.82) is 0 Å². The maximum absolute atomic E-state index is 13.1. The summed E-state index contributed by atoms with van der Waals surface area (Å²) in [5.74, 6) is 7.03. The third-order valence-electron chi connectivity index (χ3n) is 5.49. The van der Waals surface area contributed by atoms with Gasteiger partial charge in [-0.25, -0.2) is 9.37 Å². The van der Waals surface area contributed by atoms with Gasteiger partial charge in [-0.05, 0) is 74.3 Å². The van der Waals surface area contributed by atoms with Crippen molar-refractivity contribution >= 4 is 34.3 Å². The fourth-order valence-electron chi connectivity index (χ4n) is 3.52. The first-order valence-corrected chi connectivity index (χ1v) is 11.8. The molecule has 0 radical (unpaired) electrons. The minimum atomic E-state index is -0.379. The minimum absolute atomic E-state index is 0.293. The number of benzene rings is 3. The molecule has 0 unspecified atom stereocenters. The highest BCUT2D eigenvalue weighted by molar-refractivity contribution is 6.04. The monoisotopic (exact) mass is 496 g/mol. The van der Waals surface area contributed by atoms with E-state index in [0.717, 1.165) is 27.8 Å². The number of hydrogen-bond acceptors (Lipinski definition) is 6. The molecule has 0 saturated carbocycles. The van der Waals surface area contributed by atoms with Crippen molar-refractivity contribution in [1.82, 2.24) is 14.9 Å². The Labute approximate surface area is 216 Å². The molecular weight excluding hydrogens is 467 g/mol. The molecule has 0 atom stereocenters. The quantitative estimate of drug-likeness (QED) is 0.364. The number of rotatable bonds is 7. The van der Waals surface area contributed by atoms with Crippen LogP contribution in [0.15, 0.2) is 66.7 Å². The molecule has 0 aliphatic heterocycles. The van der Waals surface area contributed by atoms with Crippen molar-refractivity contribution in [2.24, 2.45) is 0 Å². The van der Waals surface area contributed by atoms with E-state index in [1.54, 1.807) is 0 Å². The zero-order chi connectivity index (χ0) is 26.4. The predicted octanol–water partition coefficient (Wildman–Crippen LogP) is 4.61. The standard InChI is InChI=1S/C29H29FN6O/c1-35(2)17-5-6-20-9-16-26-25(18-20)27(34-29(33-26)36(3)4)31-19-21-7-14-24(15-8-21)32-28(37)22-10-12-23(30)13-11-22/h7-16,18H,17,19H2,1-4H3,(H,32,37)(H,31,33,34). The van der Waals surface area contributed by atoms with Gasteiger partial charge in [-0.3, -0.25) is 9.69 Å². The average Bonchev–Trinajstić information content (AvgIpc) is 2.88. The second kappa shape index (κ2) is 11.5. The molecule has 3 aromatic carbocycles. The van der Waals surface area contributed by atoms with Crippen LogP contribution in [0.5, 0.6) is 0 Å². The van der Waals surface area contributed by atoms with Gasteiger partial charge in [0, 0.05) is 42.8 Å². The van der Waals surface area contributed by atoms with Gasteiger partial charge in [0.15, 0.2) is 0 Å². The molecule has 0 fully saturated rings. The van der Waals surface area contributed by atoms with Gasteiger partial charge in [0.25, 0.3) is 5.91 Å². The Hall–Kier alpha value is -4.48. The van der Waals surface area contributed by atoms with Gasteiger partial charge in [0.2, 0.25) is 5.95 Å². The maximum Gasteiger partial charge on any atom is 0.255 e. The first-order chi connectivity index (χ1) is 17.8. The lowest BCUT2D eigenvalue weighted by molar-refractivity contribution is 0.102. The number of nitrogens with zero attached hydrogens (tertiary/aromatic N) is 4. The molecule has 0 spiro atoms. The van der Waals surface area contributed by atoms with Crippen LogP contribution in [0.3, 0.4) is 0 Å². The van der Waals surface area contributed by atoms with Crippen molar-refractivity contribution < 1.29 is 9.18 Å². The van der Waals surface area contributed by atoms with Crippen LogP contribution in [-0.4, -0.2) is 55.5 Å². The van der Waals surface area contributed by atoms with Gasteiger partial charge in [-0.15, -0.1) is 0 Å². The van der Waals surface area contributed by atoms with Crippen LogP contribution in [0, 0.1) is 17.7 Å². The van der Waals surface area contributed by atoms with Gasteiger partial charge in [0.05, 0.1) is 12.1 Å². The second-order valence-electron chi connectivity index (χ2n) is 9.05. The van der Waals surface area contributed by atoms with Crippen molar-refractivity contribution in [3.63, 3.8) is 0 Å². The first-order valence-electron chi connectivity index (χ1n) is 11.8. The van der Waals surface area contributed by atoms with Gasteiger partial charge in [0.1, 0.15) is 11.6 Å². The first kappa shape index (κ1) is 25.6. The summed E-state index contributed by atoms with van der Waals surface area (Å²) in [6, 6.07) is 18.9. The van der Waals surface area contributed by atoms with Gasteiger partial charge < -0.3 is 15.5 Å². The Morgan fingerprint density at radius 2 is 1.68 bits per heavy atom. The van der Waals surface area contributed by atoms with E-state index in [-0.39, 0.29) is 11.7 Å². The topological polar surface area (TPSA) is 73.4 Å². The van der Waals surface area contributed by atoms with E-state index >= 15 is 0 Å². The van der Waals surface area contributed by atoms with E-state index in [0.29, 0.717) is 30.3 Å². The summed E-state index contributed by atoms with van der Waals surface area (Å²) in [5, 5.41) is 7.16. The van der Waals surface area contributed by atoms with Gasteiger partial charge >= 0.3 is 0 Å². The highest BCUT2D eigenvalue weighted by atomic mass is 19.1. The number of nitrogens with one attached hydrogen (secondary N) is 2. The lowest BCUT2D eigenvalue weighted by Crippen LogP contribution is -2.14. The van der Waals surface area contributed by atoms with E-state index in [4.69, 9.17) is 4.98 Å². The van der Waals surface area contributed by atoms with Crippen LogP contribution in [0.2, 0.25) is 0 Å². The highest BCUT2D eigenvalue weighted by Gasteiger charge is 2.11. The summed E-state index contributed by atoms with van der Waals surface area (Å²) in [6.45, 7) is 1.21. The minimum Gasteiger partial charge on any atom is -0.365 e. The Kier molecular flexibility index (Phi) is 7.96. The molecule has 1 amide bonds. The van der Waals surface area contributed by atoms with Crippen LogP contribution in [0.4, 0.5) is 21.8 Å². The Morgan fingerprint density at radius 3 is 2.35 bits per heavy atom. The van der Waals surface area contributed by atoms with Crippen LogP contribution < -0.4 is 15.5 Å². The zero-order valence-electron chi connectivity index (χ0n) is 21.3. The van der Waals surface area contributed by atoms with E-state index < -0.39 is 0 Å². The molecule has 1 aromatic heterocycles. The molecule has 0 aliphatic carbocycles. The number of hydrogen-bond donors (Lipinski definition) is 2. The molecule has 0 aliphatic rings. The largest absolute Gasteiger partial charge is 0.365 e. The fourth-order valence-corrected chi connectivity index (χ4v) is 3.52. The van der Waals surface area contributed by atoms with Crippen LogP contribution in [-0.2, 0) is 6.54 Å². The van der Waals surface area contributed by atoms with Crippen molar-refractivity contribution in [3.8, 4) is 11.8 Å². The van der Waals surface area contributed by atoms with Crippen LogP contribution >= 0.6 is 0 Å². The number of fused-ring (bicyclic) bond motifs is 1. The average molecular weight is 497 g/mol. The van der Waals surface area contributed by atoms with E-state index in [2.05, 4.69) is 27.5 Å². The smallest absolute Gasteiger partial charge is 0.255 e. The number of anilines is 3. The summed E-state index contributed by atoms with van der Waals surface area (Å²) in [7, 11) is 7.79. The molecule has 7 nitrogen and oxygen atoms in total. The molecule has 37 heavy (non-hydrogen) atoms. The molecule has 2 N–H and O–H groups in total. The Morgan fingerprint density at radius 1 is 0.946 bits per heavy atom. The molecule has 0 bridgehead atoms. The number of aromatic nitrogens is 2. The van der Waals surface area contributed by atoms with Crippen LogP contribution in [0.25, 0.3) is 10.9 Å². The van der Waals surface area contributed by atoms with Crippen LogP contribution in [0.1, 0.15) is 21.5 Å². The molecular formula is C29H29FN6O. The van der Waals surface area contributed by atoms with E-state index in [1.165, 1.54) is 24.3 Å². The number of carbonyl (C=O) groups excluding carboxylic acids is 1. The van der Waals surface area contributed by atoms with Gasteiger partial charge in [-0.2, -0.15) is 4.98 Å². The normalized spacial score (nSPS) is 10.6.